The quantitative estimate of drug-likeness (QED) is 0.787. The first-order valence-corrected chi connectivity index (χ1v) is 5.52. The molecule has 2 N–H and O–H groups in total. The van der Waals surface area contributed by atoms with Crippen LogP contribution in [0, 0.1) is 0 Å². The van der Waals surface area contributed by atoms with Crippen LogP contribution in [0.3, 0.4) is 0 Å². The first kappa shape index (κ1) is 9.71. The number of rotatable bonds is 3. The van der Waals surface area contributed by atoms with Crippen LogP contribution in [0.1, 0.15) is 42.6 Å². The predicted octanol–water partition coefficient (Wildman–Crippen LogP) is 1.36. The molecule has 3 nitrogen and oxygen atoms in total. The van der Waals surface area contributed by atoms with Gasteiger partial charge in [0.1, 0.15) is 0 Å². The molecule has 1 aromatic rings. The molecule has 1 aliphatic carbocycles. The Morgan fingerprint density at radius 3 is 3.00 bits per heavy atom. The Kier molecular flexibility index (Phi) is 2.59. The second-order valence-electron chi connectivity index (χ2n) is 4.10. The monoisotopic (exact) mass is 193 g/mol. The zero-order chi connectivity index (χ0) is 10.1. The number of hydrogen-bond donors (Lipinski definition) is 1. The molecule has 1 unspecified atom stereocenters. The number of aromatic nitrogens is 2. The van der Waals surface area contributed by atoms with E-state index in [0.29, 0.717) is 5.92 Å². The summed E-state index contributed by atoms with van der Waals surface area (Å²) in [5, 5.41) is 4.56. The van der Waals surface area contributed by atoms with Gasteiger partial charge >= 0.3 is 0 Å². The standard InChI is InChI=1S/C11H19N3/c1-3-9-11-8(6-7-12)4-5-10(11)14(2)13-9/h8H,3-7,12H2,1-2H3. The van der Waals surface area contributed by atoms with Crippen molar-refractivity contribution >= 4 is 0 Å². The molecule has 0 saturated heterocycles. The third-order valence-electron chi connectivity index (χ3n) is 3.27. The van der Waals surface area contributed by atoms with E-state index in [9.17, 15) is 0 Å². The highest BCUT2D eigenvalue weighted by atomic mass is 15.3. The van der Waals surface area contributed by atoms with Crippen LogP contribution in [-0.4, -0.2) is 16.3 Å². The Balaban J connectivity index is 2.36. The number of fused-ring (bicyclic) bond motifs is 1. The summed E-state index contributed by atoms with van der Waals surface area (Å²) in [4.78, 5) is 0. The Bertz CT molecular complexity index is 328. The van der Waals surface area contributed by atoms with Crippen LogP contribution in [0.2, 0.25) is 0 Å². The third-order valence-corrected chi connectivity index (χ3v) is 3.27. The molecular weight excluding hydrogens is 174 g/mol. The fraction of sp³-hybridized carbons (Fsp3) is 0.727. The summed E-state index contributed by atoms with van der Waals surface area (Å²) in [6, 6.07) is 0. The fourth-order valence-electron chi connectivity index (χ4n) is 2.61. The van der Waals surface area contributed by atoms with Crippen LogP contribution in [0.25, 0.3) is 0 Å². The van der Waals surface area contributed by atoms with Crippen molar-refractivity contribution in [3.63, 3.8) is 0 Å². The molecule has 0 aromatic carbocycles. The Morgan fingerprint density at radius 2 is 2.36 bits per heavy atom. The van der Waals surface area contributed by atoms with E-state index in [1.165, 1.54) is 29.8 Å². The van der Waals surface area contributed by atoms with Gasteiger partial charge < -0.3 is 5.73 Å². The van der Waals surface area contributed by atoms with E-state index in [1.807, 2.05) is 0 Å². The van der Waals surface area contributed by atoms with E-state index in [4.69, 9.17) is 5.73 Å². The number of aryl methyl sites for hydroxylation is 2. The molecule has 78 valence electrons. The highest BCUT2D eigenvalue weighted by Crippen LogP contribution is 2.37. The van der Waals surface area contributed by atoms with Crippen molar-refractivity contribution in [3.8, 4) is 0 Å². The summed E-state index contributed by atoms with van der Waals surface area (Å²) < 4.78 is 2.06. The van der Waals surface area contributed by atoms with Crippen molar-refractivity contribution in [2.24, 2.45) is 12.8 Å². The molecule has 0 fully saturated rings. The maximum Gasteiger partial charge on any atom is 0.0659 e. The van der Waals surface area contributed by atoms with Crippen LogP contribution in [0.5, 0.6) is 0 Å². The van der Waals surface area contributed by atoms with Gasteiger partial charge in [0, 0.05) is 12.7 Å². The van der Waals surface area contributed by atoms with Gasteiger partial charge in [-0.05, 0) is 43.7 Å². The molecule has 3 heteroatoms. The lowest BCUT2D eigenvalue weighted by Gasteiger charge is -2.08. The molecule has 0 spiro atoms. The predicted molar refractivity (Wildman–Crippen MR) is 57.3 cm³/mol. The number of hydrogen-bond acceptors (Lipinski definition) is 2. The topological polar surface area (TPSA) is 43.8 Å². The largest absolute Gasteiger partial charge is 0.330 e. The van der Waals surface area contributed by atoms with E-state index in [2.05, 4.69) is 23.8 Å². The van der Waals surface area contributed by atoms with Crippen molar-refractivity contribution < 1.29 is 0 Å². The highest BCUT2D eigenvalue weighted by Gasteiger charge is 2.28. The Morgan fingerprint density at radius 1 is 1.57 bits per heavy atom. The van der Waals surface area contributed by atoms with Crippen LogP contribution in [0.4, 0.5) is 0 Å². The van der Waals surface area contributed by atoms with Gasteiger partial charge in [-0.1, -0.05) is 6.92 Å². The van der Waals surface area contributed by atoms with Crippen LogP contribution < -0.4 is 5.73 Å². The lowest BCUT2D eigenvalue weighted by Crippen LogP contribution is -2.06. The lowest BCUT2D eigenvalue weighted by molar-refractivity contribution is 0.605. The van der Waals surface area contributed by atoms with Crippen molar-refractivity contribution in [2.75, 3.05) is 6.54 Å². The Hall–Kier alpha value is -0.830. The molecular formula is C11H19N3. The molecule has 14 heavy (non-hydrogen) atoms. The lowest BCUT2D eigenvalue weighted by atomic mass is 9.97. The minimum absolute atomic E-state index is 0.679. The molecule has 1 atom stereocenters. The van der Waals surface area contributed by atoms with Crippen molar-refractivity contribution in [2.45, 2.75) is 38.5 Å². The molecule has 2 rings (SSSR count). The fourth-order valence-corrected chi connectivity index (χ4v) is 2.61. The third kappa shape index (κ3) is 1.36. The van der Waals surface area contributed by atoms with Crippen LogP contribution >= 0.6 is 0 Å². The minimum atomic E-state index is 0.679. The van der Waals surface area contributed by atoms with Crippen molar-refractivity contribution in [1.29, 1.82) is 0 Å². The molecule has 1 heterocycles. The second-order valence-corrected chi connectivity index (χ2v) is 4.10. The smallest absolute Gasteiger partial charge is 0.0659 e. The molecule has 0 amide bonds. The average Bonchev–Trinajstić information content (AvgIpc) is 2.70. The normalized spacial score (nSPS) is 20.1. The van der Waals surface area contributed by atoms with E-state index in [0.717, 1.165) is 19.4 Å². The van der Waals surface area contributed by atoms with Crippen molar-refractivity contribution in [3.05, 3.63) is 17.0 Å². The van der Waals surface area contributed by atoms with Gasteiger partial charge in [-0.15, -0.1) is 0 Å². The van der Waals surface area contributed by atoms with Gasteiger partial charge in [0.15, 0.2) is 0 Å². The molecule has 0 radical (unpaired) electrons. The average molecular weight is 193 g/mol. The summed E-state index contributed by atoms with van der Waals surface area (Å²) in [5.74, 6) is 0.679. The van der Waals surface area contributed by atoms with E-state index >= 15 is 0 Å². The number of nitrogens with zero attached hydrogens (tertiary/aromatic N) is 2. The summed E-state index contributed by atoms with van der Waals surface area (Å²) in [5.41, 5.74) is 9.89. The summed E-state index contributed by atoms with van der Waals surface area (Å²) >= 11 is 0. The zero-order valence-electron chi connectivity index (χ0n) is 9.08. The summed E-state index contributed by atoms with van der Waals surface area (Å²) in [6.45, 7) is 2.97. The molecule has 0 saturated carbocycles. The van der Waals surface area contributed by atoms with Gasteiger partial charge in [-0.25, -0.2) is 0 Å². The highest BCUT2D eigenvalue weighted by molar-refractivity contribution is 5.34. The molecule has 1 aliphatic rings. The number of nitrogens with two attached hydrogens (primary N) is 1. The molecule has 0 aliphatic heterocycles. The SMILES string of the molecule is CCc1nn(C)c2c1C(CCN)CC2. The van der Waals surface area contributed by atoms with Gasteiger partial charge in [0.2, 0.25) is 0 Å². The molecule has 0 bridgehead atoms. The second kappa shape index (κ2) is 3.73. The van der Waals surface area contributed by atoms with Gasteiger partial charge in [0.05, 0.1) is 5.69 Å². The van der Waals surface area contributed by atoms with Gasteiger partial charge in [0.25, 0.3) is 0 Å². The van der Waals surface area contributed by atoms with E-state index in [-0.39, 0.29) is 0 Å². The van der Waals surface area contributed by atoms with Crippen LogP contribution in [-0.2, 0) is 19.9 Å². The minimum Gasteiger partial charge on any atom is -0.330 e. The van der Waals surface area contributed by atoms with Crippen LogP contribution in [0.15, 0.2) is 0 Å². The maximum atomic E-state index is 5.64. The van der Waals surface area contributed by atoms with Crippen molar-refractivity contribution in [1.82, 2.24) is 9.78 Å². The van der Waals surface area contributed by atoms with E-state index < -0.39 is 0 Å². The van der Waals surface area contributed by atoms with Gasteiger partial charge in [-0.3, -0.25) is 4.68 Å². The summed E-state index contributed by atoms with van der Waals surface area (Å²) in [6.07, 6.45) is 4.62. The first-order chi connectivity index (χ1) is 6.77. The van der Waals surface area contributed by atoms with Gasteiger partial charge in [-0.2, -0.15) is 5.10 Å². The molecule has 1 aromatic heterocycles. The summed E-state index contributed by atoms with van der Waals surface area (Å²) in [7, 11) is 2.06. The first-order valence-electron chi connectivity index (χ1n) is 5.52. The van der Waals surface area contributed by atoms with E-state index in [1.54, 1.807) is 0 Å². The Labute approximate surface area is 85.3 Å². The maximum absolute atomic E-state index is 5.64. The zero-order valence-corrected chi connectivity index (χ0v) is 9.08.